The highest BCUT2D eigenvalue weighted by atomic mass is 35.5. The lowest BCUT2D eigenvalue weighted by Gasteiger charge is -2.57. The van der Waals surface area contributed by atoms with E-state index in [-0.39, 0.29) is 5.91 Å². The molecule has 2 aromatic carbocycles. The normalized spacial score (nSPS) is 29.8. The summed E-state index contributed by atoms with van der Waals surface area (Å²) in [7, 11) is 0. The smallest absolute Gasteiger partial charge is 0.257 e. The molecule has 0 spiro atoms. The second-order valence-corrected chi connectivity index (χ2v) is 10.8. The van der Waals surface area contributed by atoms with Gasteiger partial charge in [0, 0.05) is 10.6 Å². The van der Waals surface area contributed by atoms with Crippen LogP contribution in [0.25, 0.3) is 0 Å². The van der Waals surface area contributed by atoms with Gasteiger partial charge in [0.15, 0.2) is 0 Å². The van der Waals surface area contributed by atoms with Crippen LogP contribution in [0.2, 0.25) is 5.02 Å². The molecule has 152 valence electrons. The maximum atomic E-state index is 12.9. The third-order valence-electron chi connectivity index (χ3n) is 7.54. The third-order valence-corrected chi connectivity index (χ3v) is 8.60. The molecule has 0 unspecified atom stereocenters. The van der Waals surface area contributed by atoms with Crippen LogP contribution >= 0.6 is 23.4 Å². The molecule has 4 bridgehead atoms. The Bertz CT molecular complexity index is 934. The number of nitrogens with one attached hydrogen (secondary N) is 1. The summed E-state index contributed by atoms with van der Waals surface area (Å²) in [6.07, 6.45) is 10.5. The van der Waals surface area contributed by atoms with Crippen molar-refractivity contribution < 1.29 is 4.79 Å². The molecule has 0 radical (unpaired) electrons. The van der Waals surface area contributed by atoms with Gasteiger partial charge in [0.05, 0.1) is 10.6 Å². The maximum absolute atomic E-state index is 12.9. The van der Waals surface area contributed by atoms with Crippen molar-refractivity contribution in [3.63, 3.8) is 0 Å². The Morgan fingerprint density at radius 1 is 1.03 bits per heavy atom. The Morgan fingerprint density at radius 2 is 1.69 bits per heavy atom. The van der Waals surface area contributed by atoms with E-state index < -0.39 is 0 Å². The molecule has 4 fully saturated rings. The van der Waals surface area contributed by atoms with Gasteiger partial charge in [0.2, 0.25) is 0 Å². The minimum atomic E-state index is -0.142. The number of rotatable bonds is 4. The summed E-state index contributed by atoms with van der Waals surface area (Å²) < 4.78 is 0. The molecule has 4 aliphatic carbocycles. The topological polar surface area (TPSA) is 29.1 Å². The molecule has 4 saturated carbocycles. The number of hydrogen-bond acceptors (Lipinski definition) is 2. The fraction of sp³-hybridized carbons (Fsp3) is 0.480. The number of hydrogen-bond donors (Lipinski definition) is 1. The Balaban J connectivity index is 1.39. The molecule has 0 heterocycles. The van der Waals surface area contributed by atoms with Crippen molar-refractivity contribution >= 4 is 35.0 Å². The second kappa shape index (κ2) is 7.35. The van der Waals surface area contributed by atoms with Gasteiger partial charge in [0.25, 0.3) is 5.91 Å². The molecule has 29 heavy (non-hydrogen) atoms. The highest BCUT2D eigenvalue weighted by Gasteiger charge is 2.51. The molecule has 4 heteroatoms. The quantitative estimate of drug-likeness (QED) is 0.529. The Kier molecular flexibility index (Phi) is 4.95. The zero-order chi connectivity index (χ0) is 20.2. The Morgan fingerprint density at radius 3 is 2.28 bits per heavy atom. The number of thioether (sulfide) groups is 1. The summed E-state index contributed by atoms with van der Waals surface area (Å²) in [5.41, 5.74) is 4.44. The molecule has 0 saturated heterocycles. The van der Waals surface area contributed by atoms with E-state index in [0.717, 1.165) is 33.9 Å². The van der Waals surface area contributed by atoms with E-state index in [9.17, 15) is 4.79 Å². The minimum absolute atomic E-state index is 0.142. The second-order valence-electron chi connectivity index (χ2n) is 9.53. The van der Waals surface area contributed by atoms with E-state index in [2.05, 4.69) is 30.4 Å². The lowest BCUT2D eigenvalue weighted by molar-refractivity contribution is -0.00520. The van der Waals surface area contributed by atoms with Crippen molar-refractivity contribution in [2.75, 3.05) is 11.6 Å². The Labute approximate surface area is 182 Å². The van der Waals surface area contributed by atoms with Gasteiger partial charge in [0.1, 0.15) is 0 Å². The first kappa shape index (κ1) is 19.5. The van der Waals surface area contributed by atoms with Crippen LogP contribution < -0.4 is 5.32 Å². The van der Waals surface area contributed by atoms with E-state index in [1.165, 1.54) is 44.1 Å². The molecule has 4 aliphatic rings. The van der Waals surface area contributed by atoms with Gasteiger partial charge in [-0.2, -0.15) is 0 Å². The van der Waals surface area contributed by atoms with E-state index in [4.69, 9.17) is 11.6 Å². The van der Waals surface area contributed by atoms with E-state index in [1.807, 2.05) is 18.4 Å². The molecule has 0 aliphatic heterocycles. The van der Waals surface area contributed by atoms with Gasteiger partial charge < -0.3 is 5.32 Å². The molecule has 2 aromatic rings. The highest BCUT2D eigenvalue weighted by Crippen LogP contribution is 2.60. The first-order chi connectivity index (χ1) is 14.0. The summed E-state index contributed by atoms with van der Waals surface area (Å²) in [4.78, 5) is 13.9. The minimum Gasteiger partial charge on any atom is -0.322 e. The van der Waals surface area contributed by atoms with Crippen LogP contribution in [0.4, 0.5) is 5.69 Å². The van der Waals surface area contributed by atoms with Crippen molar-refractivity contribution in [2.24, 2.45) is 17.8 Å². The van der Waals surface area contributed by atoms with Crippen molar-refractivity contribution in [2.45, 2.75) is 55.8 Å². The summed E-state index contributed by atoms with van der Waals surface area (Å²) in [6, 6.07) is 12.3. The SMILES string of the molecule is CSc1ccc(Cl)c(C(=O)Nc2ccc(C34CC5CC(CC(C5)C3)C4)cc2C)c1. The van der Waals surface area contributed by atoms with Crippen LogP contribution in [0.1, 0.15) is 60.0 Å². The van der Waals surface area contributed by atoms with Crippen LogP contribution in [0.15, 0.2) is 41.3 Å². The van der Waals surface area contributed by atoms with Crippen molar-refractivity contribution in [1.29, 1.82) is 0 Å². The molecule has 1 amide bonds. The van der Waals surface area contributed by atoms with Crippen LogP contribution in [0, 0.1) is 24.7 Å². The molecule has 0 aromatic heterocycles. The zero-order valence-corrected chi connectivity index (χ0v) is 18.7. The monoisotopic (exact) mass is 425 g/mol. The van der Waals surface area contributed by atoms with Gasteiger partial charge in [-0.1, -0.05) is 23.7 Å². The molecule has 2 nitrogen and oxygen atoms in total. The van der Waals surface area contributed by atoms with E-state index in [0.29, 0.717) is 16.0 Å². The number of carbonyl (C=O) groups excluding carboxylic acids is 1. The van der Waals surface area contributed by atoms with Gasteiger partial charge in [-0.3, -0.25) is 4.79 Å². The van der Waals surface area contributed by atoms with Gasteiger partial charge in [-0.15, -0.1) is 11.8 Å². The highest BCUT2D eigenvalue weighted by molar-refractivity contribution is 7.98. The number of benzene rings is 2. The number of carbonyl (C=O) groups is 1. The fourth-order valence-electron chi connectivity index (χ4n) is 6.59. The molecular formula is C25H28ClNOS. The van der Waals surface area contributed by atoms with Crippen LogP contribution in [0.5, 0.6) is 0 Å². The summed E-state index contributed by atoms with van der Waals surface area (Å²) in [5.74, 6) is 2.67. The molecule has 0 atom stereocenters. The number of amides is 1. The lowest BCUT2D eigenvalue weighted by Crippen LogP contribution is -2.48. The average Bonchev–Trinajstić information content (AvgIpc) is 2.68. The number of halogens is 1. The van der Waals surface area contributed by atoms with Crippen molar-refractivity contribution in [3.8, 4) is 0 Å². The van der Waals surface area contributed by atoms with Gasteiger partial charge in [-0.25, -0.2) is 0 Å². The van der Waals surface area contributed by atoms with Crippen LogP contribution in [-0.2, 0) is 5.41 Å². The maximum Gasteiger partial charge on any atom is 0.257 e. The van der Waals surface area contributed by atoms with E-state index in [1.54, 1.807) is 17.8 Å². The fourth-order valence-corrected chi connectivity index (χ4v) is 7.24. The Hall–Kier alpha value is -1.45. The first-order valence-electron chi connectivity index (χ1n) is 10.7. The predicted molar refractivity (Wildman–Crippen MR) is 122 cm³/mol. The predicted octanol–water partition coefficient (Wildman–Crippen LogP) is 7.09. The summed E-state index contributed by atoms with van der Waals surface area (Å²) in [6.45, 7) is 2.11. The zero-order valence-electron chi connectivity index (χ0n) is 17.1. The number of anilines is 1. The summed E-state index contributed by atoms with van der Waals surface area (Å²) >= 11 is 7.89. The first-order valence-corrected chi connectivity index (χ1v) is 12.3. The molecule has 6 rings (SSSR count). The third kappa shape index (κ3) is 3.51. The standard InChI is InChI=1S/C25H28ClNOS/c1-15-7-19(25-12-16-8-17(13-25)10-18(9-16)14-25)3-6-23(15)27-24(28)21-11-20(29-2)4-5-22(21)26/h3-7,11,16-18H,8-10,12-14H2,1-2H3,(H,27,28). The van der Waals surface area contributed by atoms with Gasteiger partial charge in [-0.05, 0) is 110 Å². The largest absolute Gasteiger partial charge is 0.322 e. The molecule has 1 N–H and O–H groups in total. The van der Waals surface area contributed by atoms with Crippen molar-refractivity contribution in [3.05, 3.63) is 58.1 Å². The average molecular weight is 426 g/mol. The number of aryl methyl sites for hydroxylation is 1. The molecular weight excluding hydrogens is 398 g/mol. The van der Waals surface area contributed by atoms with Gasteiger partial charge >= 0.3 is 0 Å². The van der Waals surface area contributed by atoms with Crippen LogP contribution in [-0.4, -0.2) is 12.2 Å². The lowest BCUT2D eigenvalue weighted by atomic mass is 9.48. The van der Waals surface area contributed by atoms with E-state index >= 15 is 0 Å². The summed E-state index contributed by atoms with van der Waals surface area (Å²) in [5, 5.41) is 3.58. The van der Waals surface area contributed by atoms with Crippen LogP contribution in [0.3, 0.4) is 0 Å². The van der Waals surface area contributed by atoms with Crippen molar-refractivity contribution in [1.82, 2.24) is 0 Å².